The van der Waals surface area contributed by atoms with E-state index in [4.69, 9.17) is 5.11 Å². The second-order valence-electron chi connectivity index (χ2n) is 2.68. The fraction of sp³-hybridized carbons (Fsp3) is 0. The number of carboxylic acid groups (broad SMARTS) is 1. The van der Waals surface area contributed by atoms with Crippen molar-refractivity contribution in [3.63, 3.8) is 0 Å². The molecule has 0 aromatic heterocycles. The van der Waals surface area contributed by atoms with Crippen LogP contribution in [0.25, 0.3) is 5.76 Å². The van der Waals surface area contributed by atoms with Crippen molar-refractivity contribution in [2.45, 2.75) is 0 Å². The predicted molar refractivity (Wildman–Crippen MR) is 57.4 cm³/mol. The maximum Gasteiger partial charge on any atom is 0.376 e. The van der Waals surface area contributed by atoms with Gasteiger partial charge in [-0.2, -0.15) is 0 Å². The first-order valence-electron chi connectivity index (χ1n) is 3.95. The second kappa shape index (κ2) is 4.75. The Labute approximate surface area is 94.0 Å². The van der Waals surface area contributed by atoms with E-state index >= 15 is 0 Å². The van der Waals surface area contributed by atoms with E-state index < -0.39 is 11.8 Å². The van der Waals surface area contributed by atoms with Crippen LogP contribution in [-0.2, 0) is 9.59 Å². The van der Waals surface area contributed by atoms with Crippen molar-refractivity contribution >= 4 is 33.4 Å². The first-order valence-corrected chi connectivity index (χ1v) is 4.74. The molecule has 1 aromatic rings. The molecule has 0 atom stereocenters. The van der Waals surface area contributed by atoms with E-state index in [0.29, 0.717) is 16.1 Å². The van der Waals surface area contributed by atoms with Gasteiger partial charge in [-0.3, -0.25) is 4.79 Å². The minimum Gasteiger partial charge on any atom is -0.507 e. The highest BCUT2D eigenvalue weighted by molar-refractivity contribution is 9.10. The molecule has 0 amide bonds. The predicted octanol–water partition coefficient (Wildman–Crippen LogP) is 2.00. The number of carboxylic acids is 1. The van der Waals surface area contributed by atoms with Crippen LogP contribution in [0, 0.1) is 0 Å². The van der Waals surface area contributed by atoms with Crippen molar-refractivity contribution in [3.05, 3.63) is 40.4 Å². The van der Waals surface area contributed by atoms with Crippen LogP contribution in [-0.4, -0.2) is 22.0 Å². The van der Waals surface area contributed by atoms with Gasteiger partial charge in [-0.15, -0.1) is 0 Å². The van der Waals surface area contributed by atoms with E-state index in [1.54, 1.807) is 24.3 Å². The molecule has 78 valence electrons. The molecule has 5 heteroatoms. The zero-order chi connectivity index (χ0) is 11.4. The van der Waals surface area contributed by atoms with E-state index in [1.165, 1.54) is 0 Å². The van der Waals surface area contributed by atoms with Gasteiger partial charge in [0.05, 0.1) is 0 Å². The summed E-state index contributed by atoms with van der Waals surface area (Å²) in [6, 6.07) is 6.63. The Morgan fingerprint density at radius 2 is 1.80 bits per heavy atom. The average Bonchev–Trinajstić information content (AvgIpc) is 2.18. The lowest BCUT2D eigenvalue weighted by Crippen LogP contribution is -2.09. The van der Waals surface area contributed by atoms with Gasteiger partial charge in [0.1, 0.15) is 5.76 Å². The number of aliphatic carboxylic acids is 1. The van der Waals surface area contributed by atoms with Crippen LogP contribution in [0.5, 0.6) is 0 Å². The summed E-state index contributed by atoms with van der Waals surface area (Å²) in [5.74, 6) is -3.15. The summed E-state index contributed by atoms with van der Waals surface area (Å²) in [4.78, 5) is 21.0. The summed E-state index contributed by atoms with van der Waals surface area (Å²) in [6.45, 7) is 0. The van der Waals surface area contributed by atoms with Crippen LogP contribution >= 0.6 is 15.9 Å². The highest BCUT2D eigenvalue weighted by Crippen LogP contribution is 2.21. The van der Waals surface area contributed by atoms with E-state index in [-0.39, 0.29) is 5.76 Å². The van der Waals surface area contributed by atoms with Crippen molar-refractivity contribution in [1.29, 1.82) is 0 Å². The lowest BCUT2D eigenvalue weighted by molar-refractivity contribution is -0.146. The third-order valence-electron chi connectivity index (χ3n) is 1.63. The standard InChI is InChI=1S/C10H7BrO4/c11-7-4-2-1-3-6(7)8(12)5-9(13)10(14)15/h1-5,12H,(H,14,15)/b8-5-. The van der Waals surface area contributed by atoms with Gasteiger partial charge in [-0.25, -0.2) is 4.79 Å². The van der Waals surface area contributed by atoms with E-state index in [1.807, 2.05) is 0 Å². The van der Waals surface area contributed by atoms with E-state index in [2.05, 4.69) is 15.9 Å². The number of aliphatic hydroxyl groups excluding tert-OH is 1. The van der Waals surface area contributed by atoms with Crippen LogP contribution in [0.1, 0.15) is 5.56 Å². The van der Waals surface area contributed by atoms with Gasteiger partial charge in [0, 0.05) is 16.1 Å². The molecule has 0 aliphatic carbocycles. The second-order valence-corrected chi connectivity index (χ2v) is 3.53. The number of hydrogen-bond acceptors (Lipinski definition) is 3. The molecule has 4 nitrogen and oxygen atoms in total. The van der Waals surface area contributed by atoms with Crippen molar-refractivity contribution in [1.82, 2.24) is 0 Å². The monoisotopic (exact) mass is 270 g/mol. The first kappa shape index (κ1) is 11.5. The van der Waals surface area contributed by atoms with Crippen LogP contribution in [0.2, 0.25) is 0 Å². The Bertz CT molecular complexity index is 437. The van der Waals surface area contributed by atoms with E-state index in [0.717, 1.165) is 0 Å². The minimum atomic E-state index is -1.60. The molecule has 0 fully saturated rings. The molecular formula is C10H7BrO4. The lowest BCUT2D eigenvalue weighted by Gasteiger charge is -2.01. The van der Waals surface area contributed by atoms with Crippen LogP contribution < -0.4 is 0 Å². The van der Waals surface area contributed by atoms with Gasteiger partial charge < -0.3 is 10.2 Å². The fourth-order valence-electron chi connectivity index (χ4n) is 0.933. The molecular weight excluding hydrogens is 264 g/mol. The highest BCUT2D eigenvalue weighted by atomic mass is 79.9. The number of hydrogen-bond donors (Lipinski definition) is 2. The quantitative estimate of drug-likeness (QED) is 0.501. The normalized spacial score (nSPS) is 11.1. The average molecular weight is 271 g/mol. The Morgan fingerprint density at radius 3 is 2.33 bits per heavy atom. The molecule has 0 saturated carbocycles. The molecule has 1 aromatic carbocycles. The van der Waals surface area contributed by atoms with E-state index in [9.17, 15) is 14.7 Å². The number of halogens is 1. The largest absolute Gasteiger partial charge is 0.507 e. The van der Waals surface area contributed by atoms with Crippen LogP contribution in [0.15, 0.2) is 34.8 Å². The third kappa shape index (κ3) is 2.92. The topological polar surface area (TPSA) is 74.6 Å². The molecule has 15 heavy (non-hydrogen) atoms. The van der Waals surface area contributed by atoms with Crippen molar-refractivity contribution in [3.8, 4) is 0 Å². The SMILES string of the molecule is O=C(O)C(=O)/C=C(\O)c1ccccc1Br. The van der Waals surface area contributed by atoms with Gasteiger partial charge in [0.2, 0.25) is 0 Å². The fourth-order valence-corrected chi connectivity index (χ4v) is 1.42. The molecule has 0 aliphatic rings. The van der Waals surface area contributed by atoms with Crippen molar-refractivity contribution in [2.75, 3.05) is 0 Å². The summed E-state index contributed by atoms with van der Waals surface area (Å²) in [5, 5.41) is 17.8. The molecule has 2 N–H and O–H groups in total. The molecule has 0 saturated heterocycles. The Hall–Kier alpha value is -1.62. The molecule has 0 aliphatic heterocycles. The lowest BCUT2D eigenvalue weighted by atomic mass is 10.1. The summed E-state index contributed by atoms with van der Waals surface area (Å²) in [7, 11) is 0. The summed E-state index contributed by atoms with van der Waals surface area (Å²) in [5.41, 5.74) is 0.368. The summed E-state index contributed by atoms with van der Waals surface area (Å²) < 4.78 is 0.580. The van der Waals surface area contributed by atoms with Gasteiger partial charge in [-0.1, -0.05) is 34.1 Å². The molecule has 0 bridgehead atoms. The number of carbonyl (C=O) groups excluding carboxylic acids is 1. The van der Waals surface area contributed by atoms with Gasteiger partial charge in [-0.05, 0) is 6.07 Å². The van der Waals surface area contributed by atoms with Crippen molar-refractivity contribution in [2.24, 2.45) is 0 Å². The van der Waals surface area contributed by atoms with Gasteiger partial charge >= 0.3 is 5.97 Å². The number of ketones is 1. The smallest absolute Gasteiger partial charge is 0.376 e. The maximum atomic E-state index is 10.8. The van der Waals surface area contributed by atoms with Crippen LogP contribution in [0.4, 0.5) is 0 Å². The Morgan fingerprint density at radius 1 is 1.20 bits per heavy atom. The highest BCUT2D eigenvalue weighted by Gasteiger charge is 2.11. The van der Waals surface area contributed by atoms with Crippen LogP contribution in [0.3, 0.4) is 0 Å². The van der Waals surface area contributed by atoms with Crippen molar-refractivity contribution < 1.29 is 19.8 Å². The minimum absolute atomic E-state index is 0.368. The molecule has 0 spiro atoms. The molecule has 1 rings (SSSR count). The molecule has 0 heterocycles. The number of benzene rings is 1. The van der Waals surface area contributed by atoms with Gasteiger partial charge in [0.15, 0.2) is 0 Å². The van der Waals surface area contributed by atoms with Gasteiger partial charge in [0.25, 0.3) is 5.78 Å². The zero-order valence-corrected chi connectivity index (χ0v) is 9.06. The summed E-state index contributed by atoms with van der Waals surface area (Å²) >= 11 is 3.16. The first-order chi connectivity index (χ1) is 7.02. The molecule has 0 unspecified atom stereocenters. The Kier molecular flexibility index (Phi) is 3.62. The maximum absolute atomic E-state index is 10.8. The number of carbonyl (C=O) groups is 2. The number of aliphatic hydroxyl groups is 1. The number of rotatable bonds is 3. The zero-order valence-electron chi connectivity index (χ0n) is 7.48. The summed E-state index contributed by atoms with van der Waals surface area (Å²) in [6.07, 6.45) is 0.669. The third-order valence-corrected chi connectivity index (χ3v) is 2.32. The Balaban J connectivity index is 3.05. The molecule has 0 radical (unpaired) electrons.